The number of rotatable bonds is 2. The molecule has 1 saturated carbocycles. The van der Waals surface area contributed by atoms with Crippen LogP contribution in [0.5, 0.6) is 0 Å². The van der Waals surface area contributed by atoms with Crippen LogP contribution in [0.1, 0.15) is 28.8 Å². The number of amides is 1. The fraction of sp³-hybridized carbons (Fsp3) is 0.364. The third-order valence-corrected chi connectivity index (χ3v) is 2.95. The lowest BCUT2D eigenvalue weighted by Gasteiger charge is -2.07. The van der Waals surface area contributed by atoms with Gasteiger partial charge in [-0.3, -0.25) is 4.79 Å². The highest BCUT2D eigenvalue weighted by atomic mass is 79.9. The van der Waals surface area contributed by atoms with E-state index in [0.29, 0.717) is 4.47 Å². The summed E-state index contributed by atoms with van der Waals surface area (Å²) in [4.78, 5) is 11.7. The Balaban J connectivity index is 2.29. The first-order chi connectivity index (χ1) is 7.08. The van der Waals surface area contributed by atoms with Gasteiger partial charge >= 0.3 is 0 Å². The van der Waals surface area contributed by atoms with Gasteiger partial charge in [0.2, 0.25) is 0 Å². The van der Waals surface area contributed by atoms with Crippen LogP contribution in [-0.2, 0) is 0 Å². The first-order valence-corrected chi connectivity index (χ1v) is 5.63. The number of carbonyl (C=O) groups is 1. The monoisotopic (exact) mass is 271 g/mol. The molecule has 80 valence electrons. The minimum Gasteiger partial charge on any atom is -0.349 e. The van der Waals surface area contributed by atoms with E-state index in [-0.39, 0.29) is 17.5 Å². The zero-order valence-electron chi connectivity index (χ0n) is 8.31. The van der Waals surface area contributed by atoms with E-state index in [1.54, 1.807) is 13.0 Å². The lowest BCUT2D eigenvalue weighted by Crippen LogP contribution is -2.26. The van der Waals surface area contributed by atoms with Crippen molar-refractivity contribution in [2.75, 3.05) is 0 Å². The Morgan fingerprint density at radius 1 is 1.53 bits per heavy atom. The van der Waals surface area contributed by atoms with Crippen molar-refractivity contribution < 1.29 is 9.18 Å². The van der Waals surface area contributed by atoms with Crippen LogP contribution < -0.4 is 5.32 Å². The van der Waals surface area contributed by atoms with Crippen molar-refractivity contribution in [3.05, 3.63) is 33.5 Å². The molecule has 1 fully saturated rings. The highest BCUT2D eigenvalue weighted by molar-refractivity contribution is 9.10. The van der Waals surface area contributed by atoms with Crippen molar-refractivity contribution in [1.29, 1.82) is 0 Å². The Morgan fingerprint density at radius 3 is 2.73 bits per heavy atom. The maximum Gasteiger partial charge on any atom is 0.255 e. The molecule has 0 unspecified atom stereocenters. The normalized spacial score (nSPS) is 15.1. The SMILES string of the molecule is Cc1cc(F)c(C(=O)NC2CC2)c(Br)c1. The van der Waals surface area contributed by atoms with E-state index < -0.39 is 5.82 Å². The van der Waals surface area contributed by atoms with Gasteiger partial charge in [-0.25, -0.2) is 4.39 Å². The molecular formula is C11H11BrFNO. The van der Waals surface area contributed by atoms with E-state index in [2.05, 4.69) is 21.2 Å². The fourth-order valence-electron chi connectivity index (χ4n) is 1.40. The largest absolute Gasteiger partial charge is 0.349 e. The molecule has 1 N–H and O–H groups in total. The van der Waals surface area contributed by atoms with Crippen LogP contribution in [0.3, 0.4) is 0 Å². The molecule has 4 heteroatoms. The topological polar surface area (TPSA) is 29.1 Å². The number of hydrogen-bond acceptors (Lipinski definition) is 1. The maximum atomic E-state index is 13.5. The molecule has 0 saturated heterocycles. The molecule has 0 aromatic heterocycles. The van der Waals surface area contributed by atoms with E-state index in [4.69, 9.17) is 0 Å². The second kappa shape index (κ2) is 3.93. The van der Waals surface area contributed by atoms with E-state index in [1.165, 1.54) is 6.07 Å². The van der Waals surface area contributed by atoms with Crippen molar-refractivity contribution in [3.8, 4) is 0 Å². The highest BCUT2D eigenvalue weighted by Crippen LogP contribution is 2.24. The van der Waals surface area contributed by atoms with Crippen LogP contribution in [0, 0.1) is 12.7 Å². The second-order valence-corrected chi connectivity index (χ2v) is 4.71. The molecule has 0 radical (unpaired) electrons. The van der Waals surface area contributed by atoms with E-state index in [0.717, 1.165) is 18.4 Å². The lowest BCUT2D eigenvalue weighted by atomic mass is 10.1. The first-order valence-electron chi connectivity index (χ1n) is 4.84. The summed E-state index contributed by atoms with van der Waals surface area (Å²) in [6, 6.07) is 3.35. The third kappa shape index (κ3) is 2.37. The average molecular weight is 272 g/mol. The van der Waals surface area contributed by atoms with Gasteiger partial charge in [0, 0.05) is 10.5 Å². The molecule has 0 heterocycles. The van der Waals surface area contributed by atoms with Crippen molar-refractivity contribution in [2.45, 2.75) is 25.8 Å². The summed E-state index contributed by atoms with van der Waals surface area (Å²) in [5.41, 5.74) is 0.898. The first kappa shape index (κ1) is 10.6. The second-order valence-electron chi connectivity index (χ2n) is 3.85. The van der Waals surface area contributed by atoms with Gasteiger partial charge in [-0.05, 0) is 53.4 Å². The minimum atomic E-state index is -0.472. The molecule has 0 aliphatic heterocycles. The van der Waals surface area contributed by atoms with Gasteiger partial charge in [-0.15, -0.1) is 0 Å². The Hall–Kier alpha value is -0.900. The molecule has 2 nitrogen and oxygen atoms in total. The summed E-state index contributed by atoms with van der Waals surface area (Å²) in [6.07, 6.45) is 1.99. The van der Waals surface area contributed by atoms with Gasteiger partial charge in [-0.1, -0.05) is 0 Å². The number of nitrogens with one attached hydrogen (secondary N) is 1. The zero-order valence-corrected chi connectivity index (χ0v) is 9.90. The van der Waals surface area contributed by atoms with Crippen LogP contribution in [-0.4, -0.2) is 11.9 Å². The molecule has 2 rings (SSSR count). The third-order valence-electron chi connectivity index (χ3n) is 2.33. The maximum absolute atomic E-state index is 13.5. The predicted molar refractivity (Wildman–Crippen MR) is 59.3 cm³/mol. The van der Waals surface area contributed by atoms with Gasteiger partial charge < -0.3 is 5.32 Å². The number of benzene rings is 1. The Bertz CT molecular complexity index is 392. The number of aryl methyl sites for hydroxylation is 1. The number of carbonyl (C=O) groups excluding carboxylic acids is 1. The van der Waals surface area contributed by atoms with Gasteiger partial charge in [0.1, 0.15) is 5.82 Å². The number of hydrogen-bond donors (Lipinski definition) is 1. The molecule has 0 spiro atoms. The van der Waals surface area contributed by atoms with Crippen molar-refractivity contribution in [1.82, 2.24) is 5.32 Å². The van der Waals surface area contributed by atoms with Gasteiger partial charge in [0.15, 0.2) is 0 Å². The summed E-state index contributed by atoms with van der Waals surface area (Å²) >= 11 is 3.21. The van der Waals surface area contributed by atoms with Crippen LogP contribution in [0.25, 0.3) is 0 Å². The molecule has 0 bridgehead atoms. The van der Waals surface area contributed by atoms with E-state index in [1.807, 2.05) is 0 Å². The summed E-state index contributed by atoms with van der Waals surface area (Å²) in [5, 5.41) is 2.76. The average Bonchev–Trinajstić information content (AvgIpc) is 2.85. The van der Waals surface area contributed by atoms with Crippen molar-refractivity contribution in [3.63, 3.8) is 0 Å². The molecular weight excluding hydrogens is 261 g/mol. The van der Waals surface area contributed by atoms with E-state index in [9.17, 15) is 9.18 Å². The standard InChI is InChI=1S/C11H11BrFNO/c1-6-4-8(12)10(9(13)5-6)11(15)14-7-2-3-7/h4-5,7H,2-3H2,1H3,(H,14,15). The quantitative estimate of drug-likeness (QED) is 0.881. The number of halogens is 2. The summed E-state index contributed by atoms with van der Waals surface area (Å²) in [7, 11) is 0. The summed E-state index contributed by atoms with van der Waals surface area (Å²) < 4.78 is 14.1. The van der Waals surface area contributed by atoms with E-state index >= 15 is 0 Å². The molecule has 1 aromatic carbocycles. The van der Waals surface area contributed by atoms with Crippen LogP contribution in [0.15, 0.2) is 16.6 Å². The van der Waals surface area contributed by atoms with Crippen LogP contribution in [0.2, 0.25) is 0 Å². The highest BCUT2D eigenvalue weighted by Gasteiger charge is 2.26. The zero-order chi connectivity index (χ0) is 11.0. The molecule has 1 aliphatic carbocycles. The van der Waals surface area contributed by atoms with Crippen LogP contribution >= 0.6 is 15.9 Å². The predicted octanol–water partition coefficient (Wildman–Crippen LogP) is 2.79. The molecule has 1 aliphatic rings. The van der Waals surface area contributed by atoms with Gasteiger partial charge in [0.25, 0.3) is 5.91 Å². The molecule has 1 aromatic rings. The molecule has 1 amide bonds. The molecule has 0 atom stereocenters. The smallest absolute Gasteiger partial charge is 0.255 e. The summed E-state index contributed by atoms with van der Waals surface area (Å²) in [5.74, 6) is -0.804. The minimum absolute atomic E-state index is 0.104. The van der Waals surface area contributed by atoms with Gasteiger partial charge in [-0.2, -0.15) is 0 Å². The van der Waals surface area contributed by atoms with Crippen molar-refractivity contribution >= 4 is 21.8 Å². The summed E-state index contributed by atoms with van der Waals surface area (Å²) in [6.45, 7) is 1.79. The van der Waals surface area contributed by atoms with Gasteiger partial charge in [0.05, 0.1) is 5.56 Å². The Kier molecular flexibility index (Phi) is 2.78. The fourth-order valence-corrected chi connectivity index (χ4v) is 2.13. The van der Waals surface area contributed by atoms with Crippen molar-refractivity contribution in [2.24, 2.45) is 0 Å². The van der Waals surface area contributed by atoms with Crippen LogP contribution in [0.4, 0.5) is 4.39 Å². The molecule has 15 heavy (non-hydrogen) atoms. The lowest BCUT2D eigenvalue weighted by molar-refractivity contribution is 0.0946. The Morgan fingerprint density at radius 2 is 2.20 bits per heavy atom. The Labute approximate surface area is 96.0 Å².